The van der Waals surface area contributed by atoms with Gasteiger partial charge in [0.25, 0.3) is 0 Å². The van der Waals surface area contributed by atoms with E-state index in [4.69, 9.17) is 12.2 Å². The van der Waals surface area contributed by atoms with Gasteiger partial charge in [0.05, 0.1) is 6.21 Å². The molecule has 0 aliphatic heterocycles. The van der Waals surface area contributed by atoms with Crippen LogP contribution in [0.2, 0.25) is 0 Å². The number of hydrogen-bond acceptors (Lipinski definition) is 2. The lowest BCUT2D eigenvalue weighted by Gasteiger charge is -2.23. The molecule has 5 heteroatoms. The fraction of sp³-hybridized carbons (Fsp3) is 0.429. The molecule has 1 aliphatic carbocycles. The van der Waals surface area contributed by atoms with Crippen LogP contribution in [0, 0.1) is 5.82 Å². The van der Waals surface area contributed by atoms with Gasteiger partial charge in [-0.1, -0.05) is 37.5 Å². The number of halogens is 1. The van der Waals surface area contributed by atoms with Gasteiger partial charge in [-0.05, 0) is 31.1 Å². The van der Waals surface area contributed by atoms with Crippen molar-refractivity contribution in [1.82, 2.24) is 10.7 Å². The number of nitrogens with zero attached hydrogens (tertiary/aromatic N) is 1. The highest BCUT2D eigenvalue weighted by Crippen LogP contribution is 2.17. The minimum absolute atomic E-state index is 0.292. The van der Waals surface area contributed by atoms with Crippen LogP contribution in [0.3, 0.4) is 0 Å². The molecule has 0 amide bonds. The second kappa shape index (κ2) is 7.19. The number of hydrogen-bond donors (Lipinski definition) is 2. The molecule has 0 aromatic heterocycles. The van der Waals surface area contributed by atoms with Crippen LogP contribution in [0.5, 0.6) is 0 Å². The fourth-order valence-corrected chi connectivity index (χ4v) is 2.42. The van der Waals surface area contributed by atoms with Crippen molar-refractivity contribution in [2.24, 2.45) is 5.10 Å². The molecule has 2 N–H and O–H groups in total. The number of nitrogens with one attached hydrogen (secondary N) is 2. The van der Waals surface area contributed by atoms with E-state index in [2.05, 4.69) is 15.8 Å². The van der Waals surface area contributed by atoms with Crippen molar-refractivity contribution in [2.75, 3.05) is 0 Å². The summed E-state index contributed by atoms with van der Waals surface area (Å²) in [6.07, 6.45) is 7.54. The smallest absolute Gasteiger partial charge is 0.187 e. The summed E-state index contributed by atoms with van der Waals surface area (Å²) in [4.78, 5) is 0. The zero-order valence-electron chi connectivity index (χ0n) is 10.7. The van der Waals surface area contributed by atoms with Crippen LogP contribution in [-0.4, -0.2) is 17.4 Å². The molecule has 1 aliphatic rings. The van der Waals surface area contributed by atoms with Crippen molar-refractivity contribution in [3.05, 3.63) is 35.6 Å². The first-order valence-electron chi connectivity index (χ1n) is 6.60. The van der Waals surface area contributed by atoms with Gasteiger partial charge in [-0.3, -0.25) is 5.43 Å². The Labute approximate surface area is 118 Å². The highest BCUT2D eigenvalue weighted by Gasteiger charge is 2.13. The van der Waals surface area contributed by atoms with Gasteiger partial charge < -0.3 is 5.32 Å². The largest absolute Gasteiger partial charge is 0.359 e. The van der Waals surface area contributed by atoms with Gasteiger partial charge in [-0.25, -0.2) is 4.39 Å². The molecule has 1 aromatic rings. The quantitative estimate of drug-likeness (QED) is 0.507. The molecule has 0 bridgehead atoms. The lowest BCUT2D eigenvalue weighted by atomic mass is 9.96. The van der Waals surface area contributed by atoms with E-state index >= 15 is 0 Å². The summed E-state index contributed by atoms with van der Waals surface area (Å²) in [7, 11) is 0. The summed E-state index contributed by atoms with van der Waals surface area (Å²) in [6.45, 7) is 0. The Morgan fingerprint density at radius 2 is 2.00 bits per heavy atom. The van der Waals surface area contributed by atoms with Crippen molar-refractivity contribution in [3.8, 4) is 0 Å². The molecule has 1 saturated carbocycles. The van der Waals surface area contributed by atoms with Gasteiger partial charge in [0.1, 0.15) is 5.82 Å². The molecule has 0 atom stereocenters. The Morgan fingerprint density at radius 3 is 2.74 bits per heavy atom. The molecule has 0 heterocycles. The first-order valence-corrected chi connectivity index (χ1v) is 7.00. The molecule has 1 fully saturated rings. The third-order valence-corrected chi connectivity index (χ3v) is 3.42. The SMILES string of the molecule is Fc1ccccc1/C=N/NC(=S)NC1CCCCC1. The Balaban J connectivity index is 1.78. The maximum Gasteiger partial charge on any atom is 0.187 e. The first kappa shape index (κ1) is 13.9. The third kappa shape index (κ3) is 4.59. The molecule has 0 spiro atoms. The number of thiocarbonyl (C=S) groups is 1. The zero-order chi connectivity index (χ0) is 13.5. The Bertz CT molecular complexity index is 456. The van der Waals surface area contributed by atoms with Crippen molar-refractivity contribution < 1.29 is 4.39 Å². The van der Waals surface area contributed by atoms with Crippen LogP contribution in [0.1, 0.15) is 37.7 Å². The van der Waals surface area contributed by atoms with Crippen LogP contribution in [-0.2, 0) is 0 Å². The standard InChI is InChI=1S/C14H18FN3S/c15-13-9-5-4-6-11(13)10-16-18-14(19)17-12-7-2-1-3-8-12/h4-6,9-10,12H,1-3,7-8H2,(H2,17,18,19)/b16-10+. The van der Waals surface area contributed by atoms with Gasteiger partial charge in [0, 0.05) is 11.6 Å². The average Bonchev–Trinajstić information content (AvgIpc) is 2.42. The monoisotopic (exact) mass is 279 g/mol. The Kier molecular flexibility index (Phi) is 5.27. The maximum absolute atomic E-state index is 13.3. The maximum atomic E-state index is 13.3. The Hall–Kier alpha value is -1.49. The highest BCUT2D eigenvalue weighted by molar-refractivity contribution is 7.80. The van der Waals surface area contributed by atoms with Gasteiger partial charge in [-0.2, -0.15) is 5.10 Å². The van der Waals surface area contributed by atoms with E-state index in [-0.39, 0.29) is 5.82 Å². The molecule has 3 nitrogen and oxygen atoms in total. The van der Waals surface area contributed by atoms with E-state index in [1.165, 1.54) is 31.5 Å². The Morgan fingerprint density at radius 1 is 1.26 bits per heavy atom. The molecule has 0 unspecified atom stereocenters. The van der Waals surface area contributed by atoms with Crippen LogP contribution >= 0.6 is 12.2 Å². The van der Waals surface area contributed by atoms with Crippen LogP contribution in [0.15, 0.2) is 29.4 Å². The van der Waals surface area contributed by atoms with E-state index < -0.39 is 0 Å². The first-order chi connectivity index (χ1) is 9.25. The van der Waals surface area contributed by atoms with Crippen LogP contribution in [0.4, 0.5) is 4.39 Å². The lowest BCUT2D eigenvalue weighted by molar-refractivity contribution is 0.412. The van der Waals surface area contributed by atoms with E-state index in [1.807, 2.05) is 0 Å². The number of rotatable bonds is 3. The van der Waals surface area contributed by atoms with Crippen LogP contribution in [0.25, 0.3) is 0 Å². The average molecular weight is 279 g/mol. The summed E-state index contributed by atoms with van der Waals surface area (Å²) in [6, 6.07) is 6.92. The highest BCUT2D eigenvalue weighted by atomic mass is 32.1. The number of benzene rings is 1. The molecular formula is C14H18FN3S. The van der Waals surface area contributed by atoms with E-state index in [1.54, 1.807) is 18.2 Å². The summed E-state index contributed by atoms with van der Waals surface area (Å²) in [5.41, 5.74) is 3.17. The molecule has 2 rings (SSSR count). The van der Waals surface area contributed by atoms with Gasteiger partial charge in [-0.15, -0.1) is 0 Å². The summed E-state index contributed by atoms with van der Waals surface area (Å²) in [5, 5.41) is 7.68. The van der Waals surface area contributed by atoms with E-state index in [0.717, 1.165) is 12.8 Å². The van der Waals surface area contributed by atoms with Gasteiger partial charge in [0.15, 0.2) is 5.11 Å². The molecule has 19 heavy (non-hydrogen) atoms. The fourth-order valence-electron chi connectivity index (χ4n) is 2.20. The molecule has 0 saturated heterocycles. The number of hydrazone groups is 1. The minimum atomic E-state index is -0.292. The summed E-state index contributed by atoms with van der Waals surface area (Å²) < 4.78 is 13.3. The minimum Gasteiger partial charge on any atom is -0.359 e. The molecular weight excluding hydrogens is 261 g/mol. The second-order valence-electron chi connectivity index (χ2n) is 4.70. The van der Waals surface area contributed by atoms with Crippen molar-refractivity contribution in [3.63, 3.8) is 0 Å². The predicted molar refractivity (Wildman–Crippen MR) is 79.7 cm³/mol. The molecule has 1 aromatic carbocycles. The third-order valence-electron chi connectivity index (χ3n) is 3.22. The normalized spacial score (nSPS) is 16.5. The van der Waals surface area contributed by atoms with Crippen molar-refractivity contribution in [2.45, 2.75) is 38.1 Å². The van der Waals surface area contributed by atoms with E-state index in [9.17, 15) is 4.39 Å². The van der Waals surface area contributed by atoms with Crippen molar-refractivity contribution in [1.29, 1.82) is 0 Å². The van der Waals surface area contributed by atoms with Crippen LogP contribution < -0.4 is 10.7 Å². The molecule has 102 valence electrons. The van der Waals surface area contributed by atoms with Crippen molar-refractivity contribution >= 4 is 23.5 Å². The lowest BCUT2D eigenvalue weighted by Crippen LogP contribution is -2.40. The topological polar surface area (TPSA) is 36.4 Å². The van der Waals surface area contributed by atoms with Gasteiger partial charge in [0.2, 0.25) is 0 Å². The summed E-state index contributed by atoms with van der Waals surface area (Å²) >= 11 is 5.15. The zero-order valence-corrected chi connectivity index (χ0v) is 11.5. The van der Waals surface area contributed by atoms with E-state index in [0.29, 0.717) is 16.7 Å². The molecule has 0 radical (unpaired) electrons. The van der Waals surface area contributed by atoms with Gasteiger partial charge >= 0.3 is 0 Å². The predicted octanol–water partition coefficient (Wildman–Crippen LogP) is 2.96. The summed E-state index contributed by atoms with van der Waals surface area (Å²) in [5.74, 6) is -0.292. The second-order valence-corrected chi connectivity index (χ2v) is 5.11.